The lowest BCUT2D eigenvalue weighted by molar-refractivity contribution is -0.135. The average Bonchev–Trinajstić information content (AvgIpc) is 2.27. The molecule has 0 bridgehead atoms. The van der Waals surface area contributed by atoms with E-state index < -0.39 is 17.6 Å². The molecule has 0 radical (unpaired) electrons. The number of aliphatic hydroxyl groups is 2. The molecule has 3 heteroatoms. The van der Waals surface area contributed by atoms with E-state index in [0.717, 1.165) is 24.0 Å². The summed E-state index contributed by atoms with van der Waals surface area (Å²) in [5.74, 6) is -0.428. The summed E-state index contributed by atoms with van der Waals surface area (Å²) in [6.07, 6.45) is 2.59. The Bertz CT molecular complexity index is 396. The smallest absolute Gasteiger partial charge is 0.184 e. The molecule has 17 heavy (non-hydrogen) atoms. The van der Waals surface area contributed by atoms with Gasteiger partial charge in [-0.15, -0.1) is 0 Å². The van der Waals surface area contributed by atoms with Crippen LogP contribution in [-0.4, -0.2) is 27.7 Å². The van der Waals surface area contributed by atoms with Crippen LogP contribution < -0.4 is 0 Å². The Hall–Kier alpha value is -0.930. The maximum absolute atomic E-state index is 11.6. The van der Waals surface area contributed by atoms with Crippen LogP contribution in [0.15, 0.2) is 23.8 Å². The first-order chi connectivity index (χ1) is 7.86. The predicted octanol–water partition coefficient (Wildman–Crippen LogP) is 1.60. The summed E-state index contributed by atoms with van der Waals surface area (Å²) in [4.78, 5) is 11.6. The van der Waals surface area contributed by atoms with E-state index >= 15 is 0 Å². The van der Waals surface area contributed by atoms with Crippen molar-refractivity contribution in [1.29, 1.82) is 0 Å². The van der Waals surface area contributed by atoms with E-state index in [1.54, 1.807) is 6.92 Å². The number of rotatable bonds is 1. The number of fused-ring (bicyclic) bond motifs is 1. The van der Waals surface area contributed by atoms with Crippen molar-refractivity contribution in [2.75, 3.05) is 0 Å². The number of carbonyl (C=O) groups excluding carboxylic acids is 1. The van der Waals surface area contributed by atoms with Gasteiger partial charge in [0.2, 0.25) is 0 Å². The molecule has 94 valence electrons. The fourth-order valence-corrected chi connectivity index (χ4v) is 3.02. The first-order valence-electron chi connectivity index (χ1n) is 6.17. The summed E-state index contributed by atoms with van der Waals surface area (Å²) in [6, 6.07) is 0. The maximum atomic E-state index is 11.6. The minimum Gasteiger partial charge on any atom is -0.385 e. The minimum atomic E-state index is -1.08. The van der Waals surface area contributed by atoms with Crippen molar-refractivity contribution in [3.05, 3.63) is 23.8 Å². The molecule has 0 amide bonds. The normalized spacial score (nSPS) is 41.8. The van der Waals surface area contributed by atoms with E-state index in [9.17, 15) is 15.0 Å². The Kier molecular flexibility index (Phi) is 3.00. The molecule has 2 aliphatic rings. The summed E-state index contributed by atoms with van der Waals surface area (Å²) in [5.41, 5.74) is 0.823. The van der Waals surface area contributed by atoms with Gasteiger partial charge in [-0.1, -0.05) is 19.1 Å². The van der Waals surface area contributed by atoms with E-state index in [1.165, 1.54) is 6.08 Å². The SMILES string of the molecule is C=C(C)[C@@H]1CCC2=CC(=O)[C@H](O)[C@@H](C)[C@]2(O)C1. The monoisotopic (exact) mass is 236 g/mol. The molecular weight excluding hydrogens is 216 g/mol. The zero-order valence-electron chi connectivity index (χ0n) is 10.4. The molecule has 0 aromatic heterocycles. The van der Waals surface area contributed by atoms with Crippen LogP contribution in [0.2, 0.25) is 0 Å². The van der Waals surface area contributed by atoms with Gasteiger partial charge in [0.25, 0.3) is 0 Å². The molecule has 1 fully saturated rings. The van der Waals surface area contributed by atoms with Crippen LogP contribution in [0.5, 0.6) is 0 Å². The third-order valence-corrected chi connectivity index (χ3v) is 4.41. The lowest BCUT2D eigenvalue weighted by Gasteiger charge is -2.46. The van der Waals surface area contributed by atoms with Crippen LogP contribution in [0, 0.1) is 11.8 Å². The first-order valence-corrected chi connectivity index (χ1v) is 6.17. The molecule has 0 saturated heterocycles. The van der Waals surface area contributed by atoms with Crippen LogP contribution in [0.1, 0.15) is 33.1 Å². The Morgan fingerprint density at radius 2 is 2.24 bits per heavy atom. The second-order valence-corrected chi connectivity index (χ2v) is 5.52. The highest BCUT2D eigenvalue weighted by Gasteiger charge is 2.49. The summed E-state index contributed by atoms with van der Waals surface area (Å²) in [7, 11) is 0. The molecule has 2 rings (SSSR count). The van der Waals surface area contributed by atoms with Crippen molar-refractivity contribution in [2.45, 2.75) is 44.8 Å². The highest BCUT2D eigenvalue weighted by molar-refractivity contribution is 5.95. The molecule has 0 spiro atoms. The van der Waals surface area contributed by atoms with E-state index in [-0.39, 0.29) is 11.7 Å². The van der Waals surface area contributed by atoms with Crippen molar-refractivity contribution in [3.63, 3.8) is 0 Å². The number of aliphatic hydroxyl groups excluding tert-OH is 1. The van der Waals surface area contributed by atoms with Gasteiger partial charge in [0.05, 0.1) is 5.60 Å². The molecule has 0 unspecified atom stereocenters. The summed E-state index contributed by atoms with van der Waals surface area (Å²) >= 11 is 0. The molecular formula is C14H20O3. The molecule has 3 nitrogen and oxygen atoms in total. The van der Waals surface area contributed by atoms with Gasteiger partial charge in [-0.3, -0.25) is 4.79 Å². The highest BCUT2D eigenvalue weighted by atomic mass is 16.3. The van der Waals surface area contributed by atoms with E-state index in [1.807, 2.05) is 6.92 Å². The number of carbonyl (C=O) groups is 1. The highest BCUT2D eigenvalue weighted by Crippen LogP contribution is 2.46. The van der Waals surface area contributed by atoms with Crippen LogP contribution >= 0.6 is 0 Å². The van der Waals surface area contributed by atoms with Gasteiger partial charge < -0.3 is 10.2 Å². The fourth-order valence-electron chi connectivity index (χ4n) is 3.02. The van der Waals surface area contributed by atoms with Gasteiger partial charge in [-0.25, -0.2) is 0 Å². The Balaban J connectivity index is 2.35. The number of hydrogen-bond acceptors (Lipinski definition) is 3. The van der Waals surface area contributed by atoms with Crippen LogP contribution in [0.25, 0.3) is 0 Å². The quantitative estimate of drug-likeness (QED) is 0.680. The molecule has 0 heterocycles. The second-order valence-electron chi connectivity index (χ2n) is 5.52. The van der Waals surface area contributed by atoms with Gasteiger partial charge >= 0.3 is 0 Å². The summed E-state index contributed by atoms with van der Waals surface area (Å²) in [6.45, 7) is 7.66. The number of hydrogen-bond donors (Lipinski definition) is 2. The Morgan fingerprint density at radius 3 is 2.82 bits per heavy atom. The standard InChI is InChI=1S/C14H20O3/c1-8(2)10-4-5-11-6-12(15)13(16)9(3)14(11,17)7-10/h6,9-10,13,16-17H,1,4-5,7H2,2-3H3/t9-,10-,13-,14-/m1/s1. The van der Waals surface area contributed by atoms with Crippen LogP contribution in [0.3, 0.4) is 0 Å². The van der Waals surface area contributed by atoms with Gasteiger partial charge in [0.1, 0.15) is 6.10 Å². The second kappa shape index (κ2) is 4.07. The molecule has 2 aliphatic carbocycles. The molecule has 0 aliphatic heterocycles. The Morgan fingerprint density at radius 1 is 1.59 bits per heavy atom. The van der Waals surface area contributed by atoms with Gasteiger partial charge in [0, 0.05) is 5.92 Å². The number of allylic oxidation sites excluding steroid dienone is 1. The van der Waals surface area contributed by atoms with Crippen molar-refractivity contribution in [2.24, 2.45) is 11.8 Å². The van der Waals surface area contributed by atoms with Gasteiger partial charge in [-0.2, -0.15) is 0 Å². The third kappa shape index (κ3) is 1.87. The largest absolute Gasteiger partial charge is 0.385 e. The molecule has 2 N–H and O–H groups in total. The van der Waals surface area contributed by atoms with Crippen molar-refractivity contribution >= 4 is 5.78 Å². The molecule has 1 saturated carbocycles. The van der Waals surface area contributed by atoms with Gasteiger partial charge in [0.15, 0.2) is 5.78 Å². The number of ketones is 1. The summed E-state index contributed by atoms with van der Waals surface area (Å²) < 4.78 is 0. The zero-order chi connectivity index (χ0) is 12.8. The zero-order valence-corrected chi connectivity index (χ0v) is 10.4. The summed E-state index contributed by atoms with van der Waals surface area (Å²) in [5, 5.41) is 20.5. The lowest BCUT2D eigenvalue weighted by Crippen LogP contribution is -2.53. The van der Waals surface area contributed by atoms with Crippen molar-refractivity contribution in [1.82, 2.24) is 0 Å². The third-order valence-electron chi connectivity index (χ3n) is 4.41. The van der Waals surface area contributed by atoms with E-state index in [4.69, 9.17) is 0 Å². The topological polar surface area (TPSA) is 57.5 Å². The van der Waals surface area contributed by atoms with Crippen LogP contribution in [0.4, 0.5) is 0 Å². The Labute approximate surface area is 102 Å². The predicted molar refractivity (Wildman–Crippen MR) is 65.4 cm³/mol. The molecule has 4 atom stereocenters. The average molecular weight is 236 g/mol. The van der Waals surface area contributed by atoms with Crippen molar-refractivity contribution in [3.8, 4) is 0 Å². The van der Waals surface area contributed by atoms with Crippen LogP contribution in [-0.2, 0) is 4.79 Å². The lowest BCUT2D eigenvalue weighted by atomic mass is 9.63. The minimum absolute atomic E-state index is 0.272. The van der Waals surface area contributed by atoms with E-state index in [0.29, 0.717) is 6.42 Å². The maximum Gasteiger partial charge on any atom is 0.184 e. The van der Waals surface area contributed by atoms with Gasteiger partial charge in [-0.05, 0) is 43.8 Å². The first kappa shape index (κ1) is 12.5. The molecule has 0 aromatic rings. The van der Waals surface area contributed by atoms with Crippen molar-refractivity contribution < 1.29 is 15.0 Å². The fraction of sp³-hybridized carbons (Fsp3) is 0.643. The molecule has 0 aromatic carbocycles. The van der Waals surface area contributed by atoms with E-state index in [2.05, 4.69) is 6.58 Å².